The van der Waals surface area contributed by atoms with Gasteiger partial charge in [-0.25, -0.2) is 0 Å². The summed E-state index contributed by atoms with van der Waals surface area (Å²) in [5, 5.41) is 4.56. The normalized spacial score (nSPS) is 24.4. The van der Waals surface area contributed by atoms with Crippen molar-refractivity contribution in [3.05, 3.63) is 41.7 Å². The smallest absolute Gasteiger partial charge is 0.134 e. The van der Waals surface area contributed by atoms with Crippen LogP contribution in [0.3, 0.4) is 0 Å². The molecule has 1 aromatic heterocycles. The lowest BCUT2D eigenvalue weighted by atomic mass is 9.79. The molecule has 1 N–H and O–H groups in total. The number of furan rings is 1. The fraction of sp³-hybridized carbons (Fsp3) is 0.444. The summed E-state index contributed by atoms with van der Waals surface area (Å²) >= 11 is 0. The van der Waals surface area contributed by atoms with Gasteiger partial charge in [-0.1, -0.05) is 17.7 Å². The molecule has 0 saturated heterocycles. The van der Waals surface area contributed by atoms with E-state index in [1.807, 2.05) is 6.07 Å². The van der Waals surface area contributed by atoms with E-state index in [1.165, 1.54) is 36.6 Å². The largest absolute Gasteiger partial charge is 0.464 e. The SMILES string of the molecule is CNCC1=C(c2ccc3ccoc3c2)C2CCC(C1)C2.Cl. The Labute approximate surface area is 132 Å². The highest BCUT2D eigenvalue weighted by Crippen LogP contribution is 2.49. The van der Waals surface area contributed by atoms with Gasteiger partial charge in [-0.05, 0) is 67.8 Å². The van der Waals surface area contributed by atoms with E-state index in [-0.39, 0.29) is 12.4 Å². The molecule has 0 aliphatic heterocycles. The first-order valence-electron chi connectivity index (χ1n) is 7.69. The van der Waals surface area contributed by atoms with Crippen molar-refractivity contribution in [1.29, 1.82) is 0 Å². The summed E-state index contributed by atoms with van der Waals surface area (Å²) in [4.78, 5) is 0. The molecular weight excluding hydrogens is 282 g/mol. The Morgan fingerprint density at radius 1 is 1.24 bits per heavy atom. The highest BCUT2D eigenvalue weighted by Gasteiger charge is 2.34. The molecular formula is C18H22ClNO. The Morgan fingerprint density at radius 2 is 2.14 bits per heavy atom. The van der Waals surface area contributed by atoms with E-state index in [2.05, 4.69) is 30.6 Å². The summed E-state index contributed by atoms with van der Waals surface area (Å²) < 4.78 is 5.59. The average molecular weight is 304 g/mol. The van der Waals surface area contributed by atoms with Crippen molar-refractivity contribution in [1.82, 2.24) is 5.32 Å². The number of nitrogens with one attached hydrogen (secondary N) is 1. The Bertz CT molecular complexity index is 673. The molecule has 2 unspecified atom stereocenters. The number of benzene rings is 1. The Balaban J connectivity index is 0.00000132. The van der Waals surface area contributed by atoms with Gasteiger partial charge in [0.1, 0.15) is 5.58 Å². The van der Waals surface area contributed by atoms with Crippen LogP contribution in [0.2, 0.25) is 0 Å². The van der Waals surface area contributed by atoms with Crippen molar-refractivity contribution in [2.45, 2.75) is 25.7 Å². The summed E-state index contributed by atoms with van der Waals surface area (Å²) in [6.07, 6.45) is 7.22. The molecule has 2 aliphatic rings. The summed E-state index contributed by atoms with van der Waals surface area (Å²) in [7, 11) is 2.05. The third kappa shape index (κ3) is 2.51. The van der Waals surface area contributed by atoms with Crippen LogP contribution in [0.4, 0.5) is 0 Å². The quantitative estimate of drug-likeness (QED) is 0.893. The van der Waals surface area contributed by atoms with Gasteiger partial charge in [0.15, 0.2) is 0 Å². The lowest BCUT2D eigenvalue weighted by Gasteiger charge is -2.27. The van der Waals surface area contributed by atoms with E-state index in [1.54, 1.807) is 17.4 Å². The second kappa shape index (κ2) is 5.86. The van der Waals surface area contributed by atoms with E-state index in [9.17, 15) is 0 Å². The molecule has 21 heavy (non-hydrogen) atoms. The van der Waals surface area contributed by atoms with E-state index in [0.717, 1.165) is 24.0 Å². The minimum atomic E-state index is 0. The molecule has 1 heterocycles. The van der Waals surface area contributed by atoms with Crippen molar-refractivity contribution in [3.8, 4) is 0 Å². The number of hydrogen-bond donors (Lipinski definition) is 1. The van der Waals surface area contributed by atoms with Gasteiger partial charge in [-0.3, -0.25) is 0 Å². The predicted octanol–water partition coefficient (Wildman–Crippen LogP) is 4.65. The van der Waals surface area contributed by atoms with Crippen LogP contribution in [0.25, 0.3) is 16.5 Å². The first kappa shape index (κ1) is 14.7. The third-order valence-corrected chi connectivity index (χ3v) is 5.02. The van der Waals surface area contributed by atoms with Crippen LogP contribution in [0.1, 0.15) is 31.2 Å². The molecule has 2 aliphatic carbocycles. The second-order valence-corrected chi connectivity index (χ2v) is 6.30. The maximum absolute atomic E-state index is 5.59. The molecule has 3 heteroatoms. The summed E-state index contributed by atoms with van der Waals surface area (Å²) in [5.74, 6) is 1.70. The summed E-state index contributed by atoms with van der Waals surface area (Å²) in [5.41, 5.74) is 5.62. The Morgan fingerprint density at radius 3 is 3.00 bits per heavy atom. The van der Waals surface area contributed by atoms with Crippen LogP contribution in [-0.2, 0) is 0 Å². The van der Waals surface area contributed by atoms with Crippen LogP contribution >= 0.6 is 12.4 Å². The highest BCUT2D eigenvalue weighted by atomic mass is 35.5. The van der Waals surface area contributed by atoms with Crippen LogP contribution in [0.5, 0.6) is 0 Å². The number of rotatable bonds is 3. The van der Waals surface area contributed by atoms with Gasteiger partial charge in [-0.2, -0.15) is 0 Å². The predicted molar refractivity (Wildman–Crippen MR) is 89.8 cm³/mol. The van der Waals surface area contributed by atoms with Gasteiger partial charge < -0.3 is 9.73 Å². The van der Waals surface area contributed by atoms with Crippen LogP contribution in [0, 0.1) is 11.8 Å². The Hall–Kier alpha value is -1.25. The number of hydrogen-bond acceptors (Lipinski definition) is 2. The molecule has 0 spiro atoms. The molecule has 4 rings (SSSR count). The van der Waals surface area contributed by atoms with Crippen LogP contribution in [-0.4, -0.2) is 13.6 Å². The second-order valence-electron chi connectivity index (χ2n) is 6.30. The standard InChI is InChI=1S/C18H21NO.ClH/c1-19-11-16-9-12-2-3-14(8-12)18(16)15-5-4-13-6-7-20-17(13)10-15;/h4-7,10,12,14,19H,2-3,8-9,11H2,1H3;1H. The zero-order valence-corrected chi connectivity index (χ0v) is 13.2. The molecule has 0 radical (unpaired) electrons. The third-order valence-electron chi connectivity index (χ3n) is 5.02. The first-order valence-corrected chi connectivity index (χ1v) is 7.69. The van der Waals surface area contributed by atoms with Gasteiger partial charge in [0.05, 0.1) is 6.26 Å². The van der Waals surface area contributed by atoms with Crippen molar-refractivity contribution in [3.63, 3.8) is 0 Å². The van der Waals surface area contributed by atoms with Crippen LogP contribution < -0.4 is 5.32 Å². The van der Waals surface area contributed by atoms with Gasteiger partial charge >= 0.3 is 0 Å². The number of likely N-dealkylation sites (N-methyl/N-ethyl adjacent to an activating group) is 1. The molecule has 1 saturated carbocycles. The fourth-order valence-corrected chi connectivity index (χ4v) is 4.21. The minimum Gasteiger partial charge on any atom is -0.464 e. The average Bonchev–Trinajstić information content (AvgIpc) is 3.06. The zero-order chi connectivity index (χ0) is 13.5. The molecule has 0 amide bonds. The molecule has 1 fully saturated rings. The molecule has 1 aromatic carbocycles. The number of halogens is 1. The minimum absolute atomic E-state index is 0. The maximum atomic E-state index is 5.59. The van der Waals surface area contributed by atoms with Gasteiger partial charge in [0.25, 0.3) is 0 Å². The van der Waals surface area contributed by atoms with Crippen molar-refractivity contribution >= 4 is 28.9 Å². The van der Waals surface area contributed by atoms with Gasteiger partial charge in [0, 0.05) is 11.9 Å². The molecule has 112 valence electrons. The maximum Gasteiger partial charge on any atom is 0.134 e. The van der Waals surface area contributed by atoms with E-state index < -0.39 is 0 Å². The van der Waals surface area contributed by atoms with Gasteiger partial charge in [0.2, 0.25) is 0 Å². The van der Waals surface area contributed by atoms with Crippen LogP contribution in [0.15, 0.2) is 40.5 Å². The monoisotopic (exact) mass is 303 g/mol. The first-order chi connectivity index (χ1) is 9.85. The molecule has 2 bridgehead atoms. The highest BCUT2D eigenvalue weighted by molar-refractivity contribution is 5.85. The molecule has 2 aromatic rings. The topological polar surface area (TPSA) is 25.2 Å². The van der Waals surface area contributed by atoms with Crippen molar-refractivity contribution in [2.24, 2.45) is 11.8 Å². The molecule has 2 atom stereocenters. The Kier molecular flexibility index (Phi) is 4.10. The number of allylic oxidation sites excluding steroid dienone is 1. The molecule has 2 nitrogen and oxygen atoms in total. The van der Waals surface area contributed by atoms with Gasteiger partial charge in [-0.15, -0.1) is 12.4 Å². The zero-order valence-electron chi connectivity index (χ0n) is 12.4. The fourth-order valence-electron chi connectivity index (χ4n) is 4.21. The lowest BCUT2D eigenvalue weighted by molar-refractivity contribution is 0.502. The van der Waals surface area contributed by atoms with E-state index in [4.69, 9.17) is 4.42 Å². The van der Waals surface area contributed by atoms with Crippen molar-refractivity contribution in [2.75, 3.05) is 13.6 Å². The van der Waals surface area contributed by atoms with E-state index in [0.29, 0.717) is 0 Å². The van der Waals surface area contributed by atoms with E-state index >= 15 is 0 Å². The summed E-state index contributed by atoms with van der Waals surface area (Å²) in [6.45, 7) is 1.03. The lowest BCUT2D eigenvalue weighted by Crippen LogP contribution is -2.19. The number of fused-ring (bicyclic) bond motifs is 3. The van der Waals surface area contributed by atoms with Crippen molar-refractivity contribution < 1.29 is 4.42 Å². The summed E-state index contributed by atoms with van der Waals surface area (Å²) in [6, 6.07) is 8.74.